The molecule has 2 N–H and O–H groups in total. The second kappa shape index (κ2) is 5.91. The molecular formula is C12H21F3N2O. The summed E-state index contributed by atoms with van der Waals surface area (Å²) in [7, 11) is 0. The number of rotatable bonds is 6. The van der Waals surface area contributed by atoms with Gasteiger partial charge in [-0.25, -0.2) is 0 Å². The quantitative estimate of drug-likeness (QED) is 0.800. The van der Waals surface area contributed by atoms with Gasteiger partial charge in [0.1, 0.15) is 6.54 Å². The van der Waals surface area contributed by atoms with E-state index in [1.54, 1.807) is 13.8 Å². The van der Waals surface area contributed by atoms with Crippen molar-refractivity contribution < 1.29 is 18.0 Å². The van der Waals surface area contributed by atoms with E-state index in [2.05, 4.69) is 0 Å². The predicted octanol–water partition coefficient (Wildman–Crippen LogP) is 2.16. The summed E-state index contributed by atoms with van der Waals surface area (Å²) >= 11 is 0. The summed E-state index contributed by atoms with van der Waals surface area (Å²) in [5.41, 5.74) is 5.35. The van der Waals surface area contributed by atoms with Crippen LogP contribution in [0.5, 0.6) is 0 Å². The van der Waals surface area contributed by atoms with E-state index >= 15 is 0 Å². The molecule has 3 nitrogen and oxygen atoms in total. The molecule has 0 aromatic heterocycles. The summed E-state index contributed by atoms with van der Waals surface area (Å²) in [6, 6.07) is -0.334. The highest BCUT2D eigenvalue weighted by Gasteiger charge is 2.41. The number of nitrogens with zero attached hydrogens (tertiary/aromatic N) is 1. The smallest absolute Gasteiger partial charge is 0.330 e. The van der Waals surface area contributed by atoms with Crippen LogP contribution in [0.2, 0.25) is 0 Å². The molecular weight excluding hydrogens is 245 g/mol. The Labute approximate surface area is 106 Å². The third-order valence-electron chi connectivity index (χ3n) is 3.45. The fraction of sp³-hybridized carbons (Fsp3) is 0.917. The lowest BCUT2D eigenvalue weighted by atomic mass is 10.0. The largest absolute Gasteiger partial charge is 0.406 e. The van der Waals surface area contributed by atoms with Crippen LogP contribution in [-0.4, -0.2) is 36.1 Å². The van der Waals surface area contributed by atoms with Gasteiger partial charge in [-0.05, 0) is 38.6 Å². The fourth-order valence-corrected chi connectivity index (χ4v) is 2.11. The van der Waals surface area contributed by atoms with E-state index in [0.717, 1.165) is 17.7 Å². The fourth-order valence-electron chi connectivity index (χ4n) is 2.11. The maximum Gasteiger partial charge on any atom is 0.406 e. The number of hydrogen-bond donors (Lipinski definition) is 1. The van der Waals surface area contributed by atoms with Crippen molar-refractivity contribution in [2.75, 3.05) is 13.1 Å². The zero-order valence-electron chi connectivity index (χ0n) is 10.8. The van der Waals surface area contributed by atoms with Crippen molar-refractivity contribution in [1.82, 2.24) is 4.90 Å². The van der Waals surface area contributed by atoms with E-state index in [-0.39, 0.29) is 12.0 Å². The Morgan fingerprint density at radius 3 is 2.33 bits per heavy atom. The maximum absolute atomic E-state index is 12.5. The SMILES string of the molecule is CC(CCN)C(=O)N(CC(F)(F)F)C(C)C1CC1. The van der Waals surface area contributed by atoms with Crippen molar-refractivity contribution in [2.24, 2.45) is 17.6 Å². The Morgan fingerprint density at radius 2 is 1.94 bits per heavy atom. The average Bonchev–Trinajstić information content (AvgIpc) is 3.06. The molecule has 1 aliphatic carbocycles. The van der Waals surface area contributed by atoms with Crippen LogP contribution in [0.15, 0.2) is 0 Å². The van der Waals surface area contributed by atoms with E-state index in [1.807, 2.05) is 0 Å². The standard InChI is InChI=1S/C12H21F3N2O/c1-8(5-6-16)11(18)17(7-12(13,14)15)9(2)10-3-4-10/h8-10H,3-7,16H2,1-2H3. The van der Waals surface area contributed by atoms with E-state index in [0.29, 0.717) is 13.0 Å². The van der Waals surface area contributed by atoms with E-state index < -0.39 is 24.5 Å². The third kappa shape index (κ3) is 4.48. The lowest BCUT2D eigenvalue weighted by molar-refractivity contribution is -0.168. The van der Waals surface area contributed by atoms with Crippen LogP contribution in [0, 0.1) is 11.8 Å². The summed E-state index contributed by atoms with van der Waals surface area (Å²) < 4.78 is 37.6. The maximum atomic E-state index is 12.5. The lowest BCUT2D eigenvalue weighted by Crippen LogP contribution is -2.47. The van der Waals surface area contributed by atoms with Crippen molar-refractivity contribution in [3.8, 4) is 0 Å². The number of hydrogen-bond acceptors (Lipinski definition) is 2. The normalized spacial score (nSPS) is 19.4. The van der Waals surface area contributed by atoms with Crippen molar-refractivity contribution in [3.05, 3.63) is 0 Å². The highest BCUT2D eigenvalue weighted by atomic mass is 19.4. The summed E-state index contributed by atoms with van der Waals surface area (Å²) in [6.07, 6.45) is -2.10. The number of halogens is 3. The minimum absolute atomic E-state index is 0.223. The zero-order chi connectivity index (χ0) is 13.9. The summed E-state index contributed by atoms with van der Waals surface area (Å²) in [6.45, 7) is 2.50. The third-order valence-corrected chi connectivity index (χ3v) is 3.45. The van der Waals surface area contributed by atoms with Gasteiger partial charge in [-0.15, -0.1) is 0 Å². The molecule has 2 atom stereocenters. The molecule has 0 saturated heterocycles. The van der Waals surface area contributed by atoms with Crippen LogP contribution < -0.4 is 5.73 Å². The second-order valence-corrected chi connectivity index (χ2v) is 5.14. The van der Waals surface area contributed by atoms with Crippen LogP contribution in [-0.2, 0) is 4.79 Å². The second-order valence-electron chi connectivity index (χ2n) is 5.14. The Bertz CT molecular complexity index is 290. The molecule has 0 spiro atoms. The summed E-state index contributed by atoms with van der Waals surface area (Å²) in [5, 5.41) is 0. The molecule has 2 unspecified atom stereocenters. The van der Waals surface area contributed by atoms with Crippen molar-refractivity contribution in [2.45, 2.75) is 45.3 Å². The molecule has 106 valence electrons. The molecule has 0 aliphatic heterocycles. The Morgan fingerprint density at radius 1 is 1.39 bits per heavy atom. The number of nitrogens with two attached hydrogens (primary N) is 1. The van der Waals surface area contributed by atoms with Gasteiger partial charge in [-0.3, -0.25) is 4.79 Å². The van der Waals surface area contributed by atoms with Gasteiger partial charge in [-0.1, -0.05) is 6.92 Å². The molecule has 0 bridgehead atoms. The van der Waals surface area contributed by atoms with Gasteiger partial charge in [0.2, 0.25) is 5.91 Å². The highest BCUT2D eigenvalue weighted by molar-refractivity contribution is 5.79. The first-order valence-electron chi connectivity index (χ1n) is 6.33. The molecule has 1 fully saturated rings. The van der Waals surface area contributed by atoms with Crippen LogP contribution >= 0.6 is 0 Å². The van der Waals surface area contributed by atoms with Gasteiger partial charge >= 0.3 is 6.18 Å². The van der Waals surface area contributed by atoms with Crippen LogP contribution in [0.4, 0.5) is 13.2 Å². The van der Waals surface area contributed by atoms with E-state index in [9.17, 15) is 18.0 Å². The average molecular weight is 266 g/mol. The molecule has 1 aliphatic rings. The molecule has 0 aromatic carbocycles. The summed E-state index contributed by atoms with van der Waals surface area (Å²) in [4.78, 5) is 13.0. The van der Waals surface area contributed by atoms with Gasteiger partial charge in [0.15, 0.2) is 0 Å². The number of alkyl halides is 3. The molecule has 1 amide bonds. The molecule has 18 heavy (non-hydrogen) atoms. The minimum Gasteiger partial charge on any atom is -0.330 e. The van der Waals surface area contributed by atoms with Crippen LogP contribution in [0.3, 0.4) is 0 Å². The Kier molecular flexibility index (Phi) is 5.01. The van der Waals surface area contributed by atoms with Gasteiger partial charge in [0.25, 0.3) is 0 Å². The highest BCUT2D eigenvalue weighted by Crippen LogP contribution is 2.36. The van der Waals surface area contributed by atoms with Gasteiger partial charge in [0.05, 0.1) is 0 Å². The Balaban J connectivity index is 2.72. The molecule has 0 heterocycles. The minimum atomic E-state index is -4.35. The lowest BCUT2D eigenvalue weighted by Gasteiger charge is -2.32. The monoisotopic (exact) mass is 266 g/mol. The van der Waals surface area contributed by atoms with Crippen LogP contribution in [0.1, 0.15) is 33.1 Å². The first-order valence-corrected chi connectivity index (χ1v) is 6.33. The predicted molar refractivity (Wildman–Crippen MR) is 62.8 cm³/mol. The van der Waals surface area contributed by atoms with Crippen molar-refractivity contribution in [3.63, 3.8) is 0 Å². The first kappa shape index (κ1) is 15.3. The molecule has 0 radical (unpaired) electrons. The van der Waals surface area contributed by atoms with Crippen molar-refractivity contribution in [1.29, 1.82) is 0 Å². The van der Waals surface area contributed by atoms with E-state index in [4.69, 9.17) is 5.73 Å². The molecule has 6 heteroatoms. The topological polar surface area (TPSA) is 46.3 Å². The summed E-state index contributed by atoms with van der Waals surface area (Å²) in [5.74, 6) is -0.655. The van der Waals surface area contributed by atoms with Gasteiger partial charge < -0.3 is 10.6 Å². The Hall–Kier alpha value is -0.780. The molecule has 1 rings (SSSR count). The molecule has 1 saturated carbocycles. The number of carbonyl (C=O) groups excluding carboxylic acids is 1. The first-order chi connectivity index (χ1) is 8.26. The zero-order valence-corrected chi connectivity index (χ0v) is 10.8. The van der Waals surface area contributed by atoms with Crippen LogP contribution in [0.25, 0.3) is 0 Å². The molecule has 0 aromatic rings. The number of amides is 1. The van der Waals surface area contributed by atoms with Gasteiger partial charge in [-0.2, -0.15) is 13.2 Å². The van der Waals surface area contributed by atoms with Gasteiger partial charge in [0, 0.05) is 12.0 Å². The van der Waals surface area contributed by atoms with E-state index in [1.165, 1.54) is 0 Å². The van der Waals surface area contributed by atoms with Crippen molar-refractivity contribution >= 4 is 5.91 Å². The number of carbonyl (C=O) groups is 1.